The first-order valence-corrected chi connectivity index (χ1v) is 19.1. The third-order valence-corrected chi connectivity index (χ3v) is 9.01. The number of unbranched alkanes of at least 4 members (excludes halogenated alkanes) is 1. The average Bonchev–Trinajstić information content (AvgIpc) is 3.30. The van der Waals surface area contributed by atoms with Gasteiger partial charge in [-0.3, -0.25) is 0 Å². The SMILES string of the molecule is COc1ccc(OC(=O)c2ccc(C(=O)Oc3ccc(OC)cc3)c(OCCCCOc3cc(C(=O)Oc4ccc(OC)cc4)ccc3C(=O)Oc3ccc(OC)cc3)c2)cc1. The number of hydrogen-bond donors (Lipinski definition) is 0. The average molecular weight is 843 g/mol. The predicted octanol–water partition coefficient (Wildman–Crippen LogP) is 8.84. The van der Waals surface area contributed by atoms with Gasteiger partial charge in [-0.05, 0) is 146 Å². The number of esters is 4. The third kappa shape index (κ3) is 11.8. The molecule has 0 heterocycles. The van der Waals surface area contributed by atoms with Crippen LogP contribution in [0, 0.1) is 0 Å². The van der Waals surface area contributed by atoms with Crippen molar-refractivity contribution in [3.05, 3.63) is 156 Å². The van der Waals surface area contributed by atoms with Crippen LogP contribution in [-0.2, 0) is 0 Å². The van der Waals surface area contributed by atoms with Crippen molar-refractivity contribution in [1.82, 2.24) is 0 Å². The Bertz CT molecular complexity index is 2290. The lowest BCUT2D eigenvalue weighted by Gasteiger charge is -2.14. The minimum absolute atomic E-state index is 0.0661. The molecule has 0 fully saturated rings. The molecule has 0 unspecified atom stereocenters. The van der Waals surface area contributed by atoms with Crippen molar-refractivity contribution in [1.29, 1.82) is 0 Å². The topological polar surface area (TPSA) is 161 Å². The van der Waals surface area contributed by atoms with Crippen LogP contribution in [0.1, 0.15) is 54.3 Å². The first kappa shape index (κ1) is 43.6. The Morgan fingerprint density at radius 2 is 0.597 bits per heavy atom. The van der Waals surface area contributed by atoms with Crippen molar-refractivity contribution in [2.45, 2.75) is 12.8 Å². The van der Waals surface area contributed by atoms with Gasteiger partial charge in [-0.25, -0.2) is 19.2 Å². The normalized spacial score (nSPS) is 10.5. The smallest absolute Gasteiger partial charge is 0.347 e. The van der Waals surface area contributed by atoms with Gasteiger partial charge in [0.2, 0.25) is 0 Å². The summed E-state index contributed by atoms with van der Waals surface area (Å²) in [4.78, 5) is 53.1. The van der Waals surface area contributed by atoms with Gasteiger partial charge in [0, 0.05) is 0 Å². The van der Waals surface area contributed by atoms with Crippen LogP contribution in [-0.4, -0.2) is 65.5 Å². The molecule has 6 rings (SSSR count). The van der Waals surface area contributed by atoms with Crippen molar-refractivity contribution in [3.8, 4) is 57.5 Å². The second-order valence-electron chi connectivity index (χ2n) is 13.1. The maximum absolute atomic E-state index is 13.4. The predicted molar refractivity (Wildman–Crippen MR) is 225 cm³/mol. The van der Waals surface area contributed by atoms with Crippen LogP contribution in [0.25, 0.3) is 0 Å². The van der Waals surface area contributed by atoms with Crippen molar-refractivity contribution < 1.29 is 66.5 Å². The van der Waals surface area contributed by atoms with E-state index < -0.39 is 23.9 Å². The van der Waals surface area contributed by atoms with Crippen LogP contribution in [0.2, 0.25) is 0 Å². The van der Waals surface area contributed by atoms with E-state index in [4.69, 9.17) is 47.4 Å². The standard InChI is InChI=1S/C48H42O14/c1-53-33-9-17-37(18-10-33)59-45(49)31-7-25-41(47(51)61-39-21-13-35(55-3)14-22-39)43(29-31)57-27-5-6-28-58-44-30-32(46(50)60-38-19-11-34(54-2)12-20-38)8-26-42(44)48(52)62-40-23-15-36(56-4)16-24-40/h7-26,29-30H,5-6,27-28H2,1-4H3. The molecule has 0 atom stereocenters. The zero-order valence-electron chi connectivity index (χ0n) is 34.2. The summed E-state index contributed by atoms with van der Waals surface area (Å²) in [7, 11) is 6.11. The lowest BCUT2D eigenvalue weighted by Crippen LogP contribution is -2.15. The molecular formula is C48H42O14. The zero-order chi connectivity index (χ0) is 43.8. The molecule has 0 spiro atoms. The molecule has 318 valence electrons. The Morgan fingerprint density at radius 3 is 0.871 bits per heavy atom. The van der Waals surface area contributed by atoms with E-state index >= 15 is 0 Å². The summed E-state index contributed by atoms with van der Waals surface area (Å²) in [5.41, 5.74) is 0.382. The minimum Gasteiger partial charge on any atom is -0.497 e. The van der Waals surface area contributed by atoms with Crippen molar-refractivity contribution >= 4 is 23.9 Å². The second-order valence-corrected chi connectivity index (χ2v) is 13.1. The molecule has 0 saturated carbocycles. The number of hydrogen-bond acceptors (Lipinski definition) is 14. The summed E-state index contributed by atoms with van der Waals surface area (Å²) >= 11 is 0. The molecule has 0 aromatic heterocycles. The Balaban J connectivity index is 1.14. The first-order valence-electron chi connectivity index (χ1n) is 19.1. The summed E-state index contributed by atoms with van der Waals surface area (Å²) < 4.78 is 55.1. The summed E-state index contributed by atoms with van der Waals surface area (Å²) in [6.45, 7) is 0.174. The number of rotatable bonds is 19. The molecule has 62 heavy (non-hydrogen) atoms. The number of methoxy groups -OCH3 is 4. The van der Waals surface area contributed by atoms with Crippen LogP contribution >= 0.6 is 0 Å². The van der Waals surface area contributed by atoms with Crippen LogP contribution in [0.5, 0.6) is 57.5 Å². The number of ether oxygens (including phenoxy) is 10. The van der Waals surface area contributed by atoms with Crippen LogP contribution < -0.4 is 47.4 Å². The van der Waals surface area contributed by atoms with E-state index in [1.54, 1.807) is 97.1 Å². The number of carbonyl (C=O) groups is 4. The molecule has 0 saturated heterocycles. The molecule has 0 bridgehead atoms. The Hall–Kier alpha value is -8.00. The van der Waals surface area contributed by atoms with Crippen molar-refractivity contribution in [2.24, 2.45) is 0 Å². The largest absolute Gasteiger partial charge is 0.497 e. The number of benzene rings is 6. The van der Waals surface area contributed by atoms with Gasteiger partial charge >= 0.3 is 23.9 Å². The van der Waals surface area contributed by atoms with E-state index in [1.165, 1.54) is 64.8 Å². The highest BCUT2D eigenvalue weighted by Gasteiger charge is 2.21. The molecule has 6 aromatic carbocycles. The maximum atomic E-state index is 13.4. The lowest BCUT2D eigenvalue weighted by atomic mass is 10.1. The molecule has 6 aromatic rings. The summed E-state index contributed by atoms with van der Waals surface area (Å²) in [5, 5.41) is 0. The Morgan fingerprint density at radius 1 is 0.339 bits per heavy atom. The summed E-state index contributed by atoms with van der Waals surface area (Å²) in [6, 6.07) is 34.5. The number of carbonyl (C=O) groups excluding carboxylic acids is 4. The van der Waals surface area contributed by atoms with E-state index in [9.17, 15) is 19.2 Å². The van der Waals surface area contributed by atoms with Crippen molar-refractivity contribution in [2.75, 3.05) is 41.7 Å². The first-order chi connectivity index (χ1) is 30.2. The van der Waals surface area contributed by atoms with Crippen LogP contribution in [0.15, 0.2) is 133 Å². The molecule has 0 aliphatic heterocycles. The minimum atomic E-state index is -0.719. The third-order valence-electron chi connectivity index (χ3n) is 9.01. The highest BCUT2D eigenvalue weighted by Crippen LogP contribution is 2.28. The second kappa shape index (κ2) is 21.3. The molecule has 0 N–H and O–H groups in total. The molecular weight excluding hydrogens is 801 g/mol. The van der Waals surface area contributed by atoms with E-state index in [0.717, 1.165) is 0 Å². The van der Waals surface area contributed by atoms with Gasteiger partial charge in [-0.15, -0.1) is 0 Å². The fourth-order valence-corrected chi connectivity index (χ4v) is 5.67. The molecule has 0 amide bonds. The lowest BCUT2D eigenvalue weighted by molar-refractivity contribution is 0.0715. The highest BCUT2D eigenvalue weighted by atomic mass is 16.6. The van der Waals surface area contributed by atoms with Gasteiger partial charge in [0.05, 0.1) is 52.8 Å². The highest BCUT2D eigenvalue weighted by molar-refractivity contribution is 5.98. The van der Waals surface area contributed by atoms with Gasteiger partial charge in [0.15, 0.2) is 0 Å². The molecule has 0 aliphatic carbocycles. The summed E-state index contributed by atoms with van der Waals surface area (Å²) in [5.74, 6) is 0.848. The zero-order valence-corrected chi connectivity index (χ0v) is 34.2. The summed E-state index contributed by atoms with van der Waals surface area (Å²) in [6.07, 6.45) is 0.802. The van der Waals surface area contributed by atoms with E-state index in [1.807, 2.05) is 0 Å². The van der Waals surface area contributed by atoms with Crippen LogP contribution in [0.4, 0.5) is 0 Å². The molecule has 0 radical (unpaired) electrons. The van der Waals surface area contributed by atoms with E-state index in [-0.39, 0.29) is 70.0 Å². The van der Waals surface area contributed by atoms with E-state index in [2.05, 4.69) is 0 Å². The van der Waals surface area contributed by atoms with Crippen LogP contribution in [0.3, 0.4) is 0 Å². The van der Waals surface area contributed by atoms with Crippen molar-refractivity contribution in [3.63, 3.8) is 0 Å². The van der Waals surface area contributed by atoms with Gasteiger partial charge in [0.25, 0.3) is 0 Å². The van der Waals surface area contributed by atoms with Gasteiger partial charge in [-0.1, -0.05) is 0 Å². The van der Waals surface area contributed by atoms with Gasteiger partial charge in [-0.2, -0.15) is 0 Å². The monoisotopic (exact) mass is 842 g/mol. The molecule has 14 nitrogen and oxygen atoms in total. The van der Waals surface area contributed by atoms with E-state index in [0.29, 0.717) is 35.8 Å². The quantitative estimate of drug-likeness (QED) is 0.0432. The Kier molecular flexibility index (Phi) is 15.0. The fourth-order valence-electron chi connectivity index (χ4n) is 5.67. The van der Waals surface area contributed by atoms with Gasteiger partial charge in [0.1, 0.15) is 68.6 Å². The molecule has 14 heteroatoms. The van der Waals surface area contributed by atoms with Gasteiger partial charge < -0.3 is 47.4 Å². The maximum Gasteiger partial charge on any atom is 0.347 e. The fraction of sp³-hybridized carbons (Fsp3) is 0.167. The molecule has 0 aliphatic rings. The Labute approximate surface area is 357 Å².